The van der Waals surface area contributed by atoms with Crippen LogP contribution in [0.15, 0.2) is 23.1 Å². The van der Waals surface area contributed by atoms with Crippen LogP contribution in [0.3, 0.4) is 0 Å². The molecule has 118 valence electrons. The number of sulfonamides is 1. The summed E-state index contributed by atoms with van der Waals surface area (Å²) in [4.78, 5) is 10.1. The average molecular weight is 315 g/mol. The monoisotopic (exact) mass is 315 g/mol. The summed E-state index contributed by atoms with van der Waals surface area (Å²) in [6, 6.07) is 3.77. The number of nitro benzene ring substituents is 1. The molecule has 1 aromatic rings. The van der Waals surface area contributed by atoms with Crippen LogP contribution in [0.4, 0.5) is 11.4 Å². The molecule has 1 rings (SSSR count). The second-order valence-corrected chi connectivity index (χ2v) is 6.95. The van der Waals surface area contributed by atoms with E-state index in [1.165, 1.54) is 25.2 Å². The van der Waals surface area contributed by atoms with Crippen LogP contribution in [0.1, 0.15) is 27.2 Å². The highest BCUT2D eigenvalue weighted by Gasteiger charge is 2.31. The Morgan fingerprint density at radius 1 is 1.38 bits per heavy atom. The normalized spacial score (nSPS) is 11.9. The van der Waals surface area contributed by atoms with E-state index < -0.39 is 20.6 Å². The first kappa shape index (κ1) is 17.4. The highest BCUT2D eigenvalue weighted by Crippen LogP contribution is 2.29. The zero-order valence-electron chi connectivity index (χ0n) is 12.7. The molecule has 0 bridgehead atoms. The molecule has 0 radical (unpaired) electrons. The topological polar surface area (TPSA) is 92.5 Å². The summed E-state index contributed by atoms with van der Waals surface area (Å²) in [6.45, 7) is 6.06. The lowest BCUT2D eigenvalue weighted by atomic mass is 10.3. The molecule has 0 aliphatic carbocycles. The smallest absolute Gasteiger partial charge is 0.289 e. The van der Waals surface area contributed by atoms with Gasteiger partial charge in [-0.15, -0.1) is 0 Å². The molecule has 8 heteroatoms. The molecule has 0 atom stereocenters. The van der Waals surface area contributed by atoms with Crippen LogP contribution in [0, 0.1) is 10.1 Å². The van der Waals surface area contributed by atoms with E-state index in [4.69, 9.17) is 0 Å². The number of hydrogen-bond donors (Lipinski definition) is 1. The van der Waals surface area contributed by atoms with Gasteiger partial charge >= 0.3 is 0 Å². The molecule has 0 saturated carbocycles. The Morgan fingerprint density at radius 3 is 2.48 bits per heavy atom. The molecule has 0 aromatic heterocycles. The summed E-state index contributed by atoms with van der Waals surface area (Å²) in [5.41, 5.74) is 0.141. The Bertz CT molecular complexity index is 614. The Kier molecular flexibility index (Phi) is 5.68. The van der Waals surface area contributed by atoms with Crippen LogP contribution in [-0.2, 0) is 10.0 Å². The maximum Gasteiger partial charge on any atom is 0.289 e. The minimum atomic E-state index is -3.91. The van der Waals surface area contributed by atoms with Gasteiger partial charge in [-0.3, -0.25) is 10.1 Å². The molecule has 7 nitrogen and oxygen atoms in total. The van der Waals surface area contributed by atoms with Crippen molar-refractivity contribution < 1.29 is 13.3 Å². The van der Waals surface area contributed by atoms with Crippen molar-refractivity contribution >= 4 is 21.4 Å². The molecule has 0 aliphatic heterocycles. The lowest BCUT2D eigenvalue weighted by Gasteiger charge is -2.21. The maximum absolute atomic E-state index is 12.5. The first-order chi connectivity index (χ1) is 9.71. The predicted octanol–water partition coefficient (Wildman–Crippen LogP) is 2.45. The number of hydrogen-bond acceptors (Lipinski definition) is 5. The molecular weight excluding hydrogens is 294 g/mol. The fourth-order valence-corrected chi connectivity index (χ4v) is 3.23. The second kappa shape index (κ2) is 6.86. The van der Waals surface area contributed by atoms with Gasteiger partial charge in [0.05, 0.1) is 4.92 Å². The zero-order chi connectivity index (χ0) is 16.2. The molecule has 0 saturated heterocycles. The third-order valence-corrected chi connectivity index (χ3v) is 5.18. The summed E-state index contributed by atoms with van der Waals surface area (Å²) >= 11 is 0. The third-order valence-electron chi connectivity index (χ3n) is 3.12. The number of nitro groups is 1. The Morgan fingerprint density at radius 2 is 2.00 bits per heavy atom. The van der Waals surface area contributed by atoms with Gasteiger partial charge in [0.15, 0.2) is 4.90 Å². The summed E-state index contributed by atoms with van der Waals surface area (Å²) in [5.74, 6) is 0. The molecule has 0 unspecified atom stereocenters. The highest BCUT2D eigenvalue weighted by molar-refractivity contribution is 7.89. The minimum absolute atomic E-state index is 0.287. The number of benzene rings is 1. The van der Waals surface area contributed by atoms with Gasteiger partial charge in [-0.05, 0) is 32.4 Å². The first-order valence-electron chi connectivity index (χ1n) is 6.72. The van der Waals surface area contributed by atoms with E-state index in [0.717, 1.165) is 10.7 Å². The molecule has 1 N–H and O–H groups in total. The number of anilines is 1. The third kappa shape index (κ3) is 3.92. The van der Waals surface area contributed by atoms with Gasteiger partial charge in [0.1, 0.15) is 0 Å². The molecule has 1 aromatic carbocycles. The van der Waals surface area contributed by atoms with Gasteiger partial charge in [-0.25, -0.2) is 8.42 Å². The largest absolute Gasteiger partial charge is 0.385 e. The summed E-state index contributed by atoms with van der Waals surface area (Å²) in [5, 5.41) is 14.1. The Labute approximate surface area is 125 Å². The Balaban J connectivity index is 3.39. The maximum atomic E-state index is 12.5. The van der Waals surface area contributed by atoms with Gasteiger partial charge < -0.3 is 5.32 Å². The highest BCUT2D eigenvalue weighted by atomic mass is 32.2. The molecular formula is C13H21N3O4S. The molecule has 0 spiro atoms. The molecule has 0 aliphatic rings. The standard InChI is InChI=1S/C13H21N3O4S/c1-5-8-14-11-6-7-12(16(17)18)13(9-11)21(19,20)15(4)10(2)3/h6-7,9-10,14H,5,8H2,1-4H3. The molecule has 21 heavy (non-hydrogen) atoms. The van der Waals surface area contributed by atoms with E-state index in [2.05, 4.69) is 5.32 Å². The van der Waals surface area contributed by atoms with Crippen LogP contribution in [0.2, 0.25) is 0 Å². The van der Waals surface area contributed by atoms with Gasteiger partial charge in [-0.2, -0.15) is 4.31 Å². The van der Waals surface area contributed by atoms with Crippen molar-refractivity contribution in [3.8, 4) is 0 Å². The van der Waals surface area contributed by atoms with Crippen LogP contribution in [0.5, 0.6) is 0 Å². The van der Waals surface area contributed by atoms with Crippen LogP contribution >= 0.6 is 0 Å². The van der Waals surface area contributed by atoms with Crippen molar-refractivity contribution in [2.24, 2.45) is 0 Å². The van der Waals surface area contributed by atoms with E-state index >= 15 is 0 Å². The second-order valence-electron chi connectivity index (χ2n) is 4.98. The number of nitrogens with one attached hydrogen (secondary N) is 1. The van der Waals surface area contributed by atoms with Crippen molar-refractivity contribution in [3.05, 3.63) is 28.3 Å². The van der Waals surface area contributed by atoms with E-state index in [1.54, 1.807) is 13.8 Å². The Hall–Kier alpha value is -1.67. The number of nitrogens with zero attached hydrogens (tertiary/aromatic N) is 2. The van der Waals surface area contributed by atoms with E-state index in [9.17, 15) is 18.5 Å². The predicted molar refractivity (Wildman–Crippen MR) is 82.0 cm³/mol. The molecule has 0 heterocycles. The van der Waals surface area contributed by atoms with Gasteiger partial charge in [0.2, 0.25) is 10.0 Å². The van der Waals surface area contributed by atoms with E-state index in [0.29, 0.717) is 12.2 Å². The fraction of sp³-hybridized carbons (Fsp3) is 0.538. The lowest BCUT2D eigenvalue weighted by Crippen LogP contribution is -2.33. The fourth-order valence-electron chi connectivity index (χ4n) is 1.68. The van der Waals surface area contributed by atoms with Crippen LogP contribution < -0.4 is 5.32 Å². The SMILES string of the molecule is CCCNc1ccc([N+](=O)[O-])c(S(=O)(=O)N(C)C(C)C)c1. The number of rotatable bonds is 7. The zero-order valence-corrected chi connectivity index (χ0v) is 13.5. The quantitative estimate of drug-likeness (QED) is 0.616. The molecule has 0 amide bonds. The van der Waals surface area contributed by atoms with Crippen LogP contribution in [0.25, 0.3) is 0 Å². The van der Waals surface area contributed by atoms with Gasteiger partial charge in [0.25, 0.3) is 5.69 Å². The van der Waals surface area contributed by atoms with Crippen molar-refractivity contribution in [3.63, 3.8) is 0 Å². The average Bonchev–Trinajstić information content (AvgIpc) is 2.43. The summed E-state index contributed by atoms with van der Waals surface area (Å²) in [7, 11) is -2.50. The van der Waals surface area contributed by atoms with E-state index in [-0.39, 0.29) is 10.9 Å². The summed E-state index contributed by atoms with van der Waals surface area (Å²) < 4.78 is 26.2. The van der Waals surface area contributed by atoms with Crippen molar-refractivity contribution in [1.29, 1.82) is 0 Å². The van der Waals surface area contributed by atoms with Crippen LogP contribution in [-0.4, -0.2) is 37.3 Å². The van der Waals surface area contributed by atoms with Gasteiger partial charge in [-0.1, -0.05) is 6.92 Å². The van der Waals surface area contributed by atoms with Gasteiger partial charge in [0, 0.05) is 31.4 Å². The van der Waals surface area contributed by atoms with Crippen molar-refractivity contribution in [2.45, 2.75) is 38.1 Å². The van der Waals surface area contributed by atoms with Crippen molar-refractivity contribution in [1.82, 2.24) is 4.31 Å². The minimum Gasteiger partial charge on any atom is -0.385 e. The summed E-state index contributed by atoms with van der Waals surface area (Å²) in [6.07, 6.45) is 0.866. The lowest BCUT2D eigenvalue weighted by molar-refractivity contribution is -0.387. The van der Waals surface area contributed by atoms with E-state index in [1.807, 2.05) is 6.92 Å². The van der Waals surface area contributed by atoms with Crippen molar-refractivity contribution in [2.75, 3.05) is 18.9 Å². The molecule has 0 fully saturated rings. The first-order valence-corrected chi connectivity index (χ1v) is 8.16.